The summed E-state index contributed by atoms with van der Waals surface area (Å²) in [5, 5.41) is 47.6. The minimum Gasteiger partial charge on any atom is -0.332 e. The van der Waals surface area contributed by atoms with Gasteiger partial charge in [0.05, 0.1) is 56.8 Å². The van der Waals surface area contributed by atoms with Gasteiger partial charge in [-0.05, 0) is 48.0 Å². The zero-order valence-electron chi connectivity index (χ0n) is 27.9. The molecule has 0 saturated heterocycles. The third-order valence-corrected chi connectivity index (χ3v) is 11.8. The van der Waals surface area contributed by atoms with E-state index in [-0.39, 0.29) is 28.7 Å². The van der Waals surface area contributed by atoms with Crippen molar-refractivity contribution in [1.82, 2.24) is 4.57 Å². The van der Waals surface area contributed by atoms with Crippen LogP contribution in [0.15, 0.2) is 133 Å². The van der Waals surface area contributed by atoms with Crippen LogP contribution < -0.4 is 4.90 Å². The van der Waals surface area contributed by atoms with Gasteiger partial charge in [0.2, 0.25) is 0 Å². The first-order valence-electron chi connectivity index (χ1n) is 17.2. The van der Waals surface area contributed by atoms with E-state index < -0.39 is 0 Å². The van der Waals surface area contributed by atoms with E-state index in [9.17, 15) is 21.0 Å². The van der Waals surface area contributed by atoms with E-state index >= 15 is 0 Å². The number of para-hydroxylation sites is 2. The summed E-state index contributed by atoms with van der Waals surface area (Å²) in [5.74, 6) is -0.00346. The van der Waals surface area contributed by atoms with Gasteiger partial charge in [0.15, 0.2) is 0 Å². The van der Waals surface area contributed by atoms with Crippen LogP contribution in [-0.4, -0.2) is 10.6 Å². The van der Waals surface area contributed by atoms with E-state index in [2.05, 4.69) is 100 Å². The third kappa shape index (κ3) is 4.15. The molecule has 0 amide bonds. The highest BCUT2D eigenvalue weighted by molar-refractivity contribution is 7.26. The average molecular weight is 693 g/mol. The minimum absolute atomic E-state index is 0.00346. The molecule has 1 aliphatic heterocycles. The Morgan fingerprint density at radius 1 is 0.566 bits per heavy atom. The third-order valence-electron chi connectivity index (χ3n) is 10.7. The summed E-state index contributed by atoms with van der Waals surface area (Å²) in [5.41, 5.74) is 6.82. The second-order valence-corrected chi connectivity index (χ2v) is 14.3. The smallest absolute Gasteiger partial charge is 0.103 e. The lowest BCUT2D eigenvalue weighted by Crippen LogP contribution is -2.30. The lowest BCUT2D eigenvalue weighted by Gasteiger charge is -2.32. The van der Waals surface area contributed by atoms with Crippen LogP contribution in [0.4, 0.5) is 11.4 Å². The molecular formula is C46H24N6S. The van der Waals surface area contributed by atoms with Gasteiger partial charge in [0.1, 0.15) is 18.2 Å². The Bertz CT molecular complexity index is 3150. The fraction of sp³-hybridized carbons (Fsp3) is 0.0435. The lowest BCUT2D eigenvalue weighted by atomic mass is 9.87. The number of rotatable bonds is 3. The van der Waals surface area contributed by atoms with E-state index in [0.717, 1.165) is 33.1 Å². The molecule has 2 atom stereocenters. The monoisotopic (exact) mass is 692 g/mol. The molecule has 0 spiro atoms. The van der Waals surface area contributed by atoms with Gasteiger partial charge in [-0.25, -0.2) is 0 Å². The van der Waals surface area contributed by atoms with Crippen molar-refractivity contribution in [1.29, 1.82) is 21.0 Å². The van der Waals surface area contributed by atoms with Gasteiger partial charge in [0.25, 0.3) is 0 Å². The number of hydrogen-bond donors (Lipinski definition) is 0. The number of anilines is 2. The molecule has 7 heteroatoms. The standard InChI is InChI=1S/C46H24N6S/c47-23-27-22-28(24-48)43(46(34(27)25-49)52-36-15-5-1-10-29(36)30-11-2-6-16-37(30)52)31-14-9-18-39(35(31)26-50)51-38-17-7-3-12-32(38)44-40(51)20-21-42-45(44)33-13-4-8-19-41(33)53-42/h1-22,29,36H. The first kappa shape index (κ1) is 30.4. The van der Waals surface area contributed by atoms with Crippen LogP contribution in [0.25, 0.3) is 58.8 Å². The van der Waals surface area contributed by atoms with Crippen molar-refractivity contribution in [3.8, 4) is 41.1 Å². The first-order chi connectivity index (χ1) is 26.2. The van der Waals surface area contributed by atoms with Crippen LogP contribution in [0.5, 0.6) is 0 Å². The Morgan fingerprint density at radius 2 is 1.30 bits per heavy atom. The van der Waals surface area contributed by atoms with E-state index in [4.69, 9.17) is 0 Å². The fourth-order valence-corrected chi connectivity index (χ4v) is 9.72. The summed E-state index contributed by atoms with van der Waals surface area (Å²) in [6, 6.07) is 45.4. The molecule has 0 saturated carbocycles. The number of thiophene rings is 1. The topological polar surface area (TPSA) is 103 Å². The van der Waals surface area contributed by atoms with Crippen LogP contribution in [0.2, 0.25) is 0 Å². The van der Waals surface area contributed by atoms with Gasteiger partial charge in [-0.3, -0.25) is 0 Å². The summed E-state index contributed by atoms with van der Waals surface area (Å²) < 4.78 is 4.55. The maximum atomic E-state index is 11.2. The molecule has 3 heterocycles. The van der Waals surface area contributed by atoms with Crippen molar-refractivity contribution in [2.24, 2.45) is 0 Å². The summed E-state index contributed by atoms with van der Waals surface area (Å²) in [7, 11) is 0. The molecule has 1 aliphatic carbocycles. The highest BCUT2D eigenvalue weighted by Gasteiger charge is 2.40. The molecule has 2 aromatic heterocycles. The zero-order valence-corrected chi connectivity index (χ0v) is 28.8. The Hall–Kier alpha value is -7.42. The molecule has 6 aromatic carbocycles. The number of allylic oxidation sites excluding steroid dienone is 2. The Labute approximate surface area is 308 Å². The van der Waals surface area contributed by atoms with Gasteiger partial charge in [-0.1, -0.05) is 91.0 Å². The second kappa shape index (κ2) is 11.6. The number of aromatic nitrogens is 1. The molecule has 6 nitrogen and oxygen atoms in total. The molecule has 0 bridgehead atoms. The van der Waals surface area contributed by atoms with Crippen LogP contribution in [0.1, 0.15) is 33.7 Å². The van der Waals surface area contributed by atoms with Crippen molar-refractivity contribution < 1.29 is 0 Å². The van der Waals surface area contributed by atoms with E-state index in [1.165, 1.54) is 26.2 Å². The Balaban J connectivity index is 1.31. The number of nitrogens with zero attached hydrogens (tertiary/aromatic N) is 6. The molecule has 53 heavy (non-hydrogen) atoms. The van der Waals surface area contributed by atoms with Gasteiger partial charge in [0, 0.05) is 53.7 Å². The van der Waals surface area contributed by atoms with Gasteiger partial charge < -0.3 is 9.47 Å². The van der Waals surface area contributed by atoms with Crippen LogP contribution in [0, 0.1) is 45.3 Å². The molecule has 8 aromatic rings. The quantitative estimate of drug-likeness (QED) is 0.183. The lowest BCUT2D eigenvalue weighted by molar-refractivity contribution is 0.744. The molecule has 2 unspecified atom stereocenters. The van der Waals surface area contributed by atoms with Crippen LogP contribution >= 0.6 is 11.3 Å². The zero-order chi connectivity index (χ0) is 35.8. The predicted molar refractivity (Wildman–Crippen MR) is 211 cm³/mol. The van der Waals surface area contributed by atoms with E-state index in [1.54, 1.807) is 11.3 Å². The summed E-state index contributed by atoms with van der Waals surface area (Å²) in [6.45, 7) is 0. The predicted octanol–water partition coefficient (Wildman–Crippen LogP) is 11.0. The Morgan fingerprint density at radius 3 is 2.13 bits per heavy atom. The highest BCUT2D eigenvalue weighted by Crippen LogP contribution is 2.53. The maximum Gasteiger partial charge on any atom is 0.103 e. The van der Waals surface area contributed by atoms with Gasteiger partial charge in [-0.15, -0.1) is 11.3 Å². The maximum absolute atomic E-state index is 11.2. The summed E-state index contributed by atoms with van der Waals surface area (Å²) in [6.07, 6.45) is 8.25. The van der Waals surface area contributed by atoms with Crippen molar-refractivity contribution >= 4 is 64.7 Å². The molecule has 244 valence electrons. The van der Waals surface area contributed by atoms with Crippen molar-refractivity contribution in [3.63, 3.8) is 0 Å². The molecular weight excluding hydrogens is 669 g/mol. The molecule has 2 aliphatic rings. The minimum atomic E-state index is -0.211. The normalized spacial score (nSPS) is 15.7. The molecule has 10 rings (SSSR count). The van der Waals surface area contributed by atoms with Crippen LogP contribution in [-0.2, 0) is 0 Å². The van der Waals surface area contributed by atoms with Crippen molar-refractivity contribution in [2.75, 3.05) is 4.90 Å². The summed E-state index contributed by atoms with van der Waals surface area (Å²) in [4.78, 5) is 2.09. The number of fused-ring (bicyclic) bond motifs is 10. The number of hydrogen-bond acceptors (Lipinski definition) is 6. The molecule has 0 radical (unpaired) electrons. The molecule has 0 N–H and O–H groups in total. The van der Waals surface area contributed by atoms with Crippen molar-refractivity contribution in [3.05, 3.63) is 161 Å². The second-order valence-electron chi connectivity index (χ2n) is 13.2. The van der Waals surface area contributed by atoms with E-state index in [1.807, 2.05) is 60.7 Å². The van der Waals surface area contributed by atoms with Crippen LogP contribution in [0.3, 0.4) is 0 Å². The Kier molecular flexibility index (Phi) is 6.63. The number of benzene rings is 6. The highest BCUT2D eigenvalue weighted by atomic mass is 32.1. The van der Waals surface area contributed by atoms with Gasteiger partial charge >= 0.3 is 0 Å². The number of nitriles is 4. The van der Waals surface area contributed by atoms with Gasteiger partial charge in [-0.2, -0.15) is 21.0 Å². The fourth-order valence-electron chi connectivity index (χ4n) is 8.61. The first-order valence-corrected chi connectivity index (χ1v) is 18.0. The van der Waals surface area contributed by atoms with E-state index in [0.29, 0.717) is 28.1 Å². The summed E-state index contributed by atoms with van der Waals surface area (Å²) >= 11 is 1.77. The largest absolute Gasteiger partial charge is 0.332 e. The van der Waals surface area contributed by atoms with Crippen molar-refractivity contribution in [2.45, 2.75) is 12.0 Å². The SMILES string of the molecule is N#Cc1cc(C#N)c(-c2cccc(-n3c4ccccc4c4c5c(ccc43)sc3ccccc35)c2C#N)c(N2c3ccccc3C3C=CC=CC32)c1C#N. The molecule has 0 fully saturated rings. The average Bonchev–Trinajstić information content (AvgIpc) is 3.87.